The van der Waals surface area contributed by atoms with Gasteiger partial charge in [0.2, 0.25) is 17.7 Å². The molecule has 3 rings (SSSR count). The normalized spacial score (nSPS) is 23.1. The highest BCUT2D eigenvalue weighted by Crippen LogP contribution is 2.35. The molecule has 1 aliphatic carbocycles. The van der Waals surface area contributed by atoms with Gasteiger partial charge >= 0.3 is 0 Å². The SMILES string of the molecule is Cc1ccc(C(C)NC(=O)CCN2C(=O)[C@H]3CC=CC[C@H]3C2=O)cc1C. The Morgan fingerprint density at radius 3 is 2.31 bits per heavy atom. The molecule has 0 saturated carbocycles. The monoisotopic (exact) mass is 354 g/mol. The molecule has 2 aliphatic rings. The van der Waals surface area contributed by atoms with Crippen molar-refractivity contribution in [1.82, 2.24) is 10.2 Å². The summed E-state index contributed by atoms with van der Waals surface area (Å²) in [7, 11) is 0. The predicted molar refractivity (Wildman–Crippen MR) is 99.2 cm³/mol. The van der Waals surface area contributed by atoms with Crippen molar-refractivity contribution in [2.75, 3.05) is 6.54 Å². The van der Waals surface area contributed by atoms with Gasteiger partial charge in [0.1, 0.15) is 0 Å². The largest absolute Gasteiger partial charge is 0.350 e. The highest BCUT2D eigenvalue weighted by atomic mass is 16.2. The number of carbonyl (C=O) groups excluding carboxylic acids is 3. The van der Waals surface area contributed by atoms with Gasteiger partial charge in [0.15, 0.2) is 0 Å². The Labute approximate surface area is 154 Å². The summed E-state index contributed by atoms with van der Waals surface area (Å²) >= 11 is 0. The lowest BCUT2D eigenvalue weighted by molar-refractivity contribution is -0.140. The van der Waals surface area contributed by atoms with E-state index in [1.165, 1.54) is 16.0 Å². The fraction of sp³-hybridized carbons (Fsp3) is 0.476. The number of hydrogen-bond acceptors (Lipinski definition) is 3. The molecule has 138 valence electrons. The van der Waals surface area contributed by atoms with E-state index in [9.17, 15) is 14.4 Å². The van der Waals surface area contributed by atoms with Gasteiger partial charge in [-0.3, -0.25) is 19.3 Å². The second kappa shape index (κ2) is 7.44. The highest BCUT2D eigenvalue weighted by molar-refractivity contribution is 6.05. The Hall–Kier alpha value is -2.43. The van der Waals surface area contributed by atoms with Gasteiger partial charge in [-0.15, -0.1) is 0 Å². The Morgan fingerprint density at radius 2 is 1.73 bits per heavy atom. The van der Waals surface area contributed by atoms with Crippen molar-refractivity contribution < 1.29 is 14.4 Å². The number of benzene rings is 1. The number of nitrogens with one attached hydrogen (secondary N) is 1. The van der Waals surface area contributed by atoms with E-state index in [0.717, 1.165) is 5.56 Å². The Morgan fingerprint density at radius 1 is 1.12 bits per heavy atom. The molecule has 1 unspecified atom stereocenters. The van der Waals surface area contributed by atoms with Gasteiger partial charge in [-0.25, -0.2) is 0 Å². The fourth-order valence-corrected chi connectivity index (χ4v) is 3.73. The number of allylic oxidation sites excluding steroid dienone is 2. The molecule has 1 heterocycles. The van der Waals surface area contributed by atoms with Crippen LogP contribution in [0.1, 0.15) is 48.9 Å². The molecule has 0 radical (unpaired) electrons. The molecule has 26 heavy (non-hydrogen) atoms. The van der Waals surface area contributed by atoms with Crippen LogP contribution >= 0.6 is 0 Å². The molecule has 3 amide bonds. The van der Waals surface area contributed by atoms with Crippen molar-refractivity contribution in [2.45, 2.75) is 46.1 Å². The lowest BCUT2D eigenvalue weighted by Crippen LogP contribution is -2.36. The molecule has 0 aromatic heterocycles. The first kappa shape index (κ1) is 18.4. The van der Waals surface area contributed by atoms with Gasteiger partial charge in [-0.1, -0.05) is 30.4 Å². The van der Waals surface area contributed by atoms with Crippen LogP contribution in [0.4, 0.5) is 0 Å². The van der Waals surface area contributed by atoms with Gasteiger partial charge < -0.3 is 5.32 Å². The topological polar surface area (TPSA) is 66.5 Å². The third-order valence-electron chi connectivity index (χ3n) is 5.57. The lowest BCUT2D eigenvalue weighted by atomic mass is 9.85. The Balaban J connectivity index is 1.55. The van der Waals surface area contributed by atoms with Crippen molar-refractivity contribution in [3.63, 3.8) is 0 Å². The van der Waals surface area contributed by atoms with Gasteiger partial charge in [-0.05, 0) is 50.3 Å². The zero-order valence-electron chi connectivity index (χ0n) is 15.6. The highest BCUT2D eigenvalue weighted by Gasteiger charge is 2.46. The van der Waals surface area contributed by atoms with Crippen LogP contribution in [-0.4, -0.2) is 29.2 Å². The standard InChI is InChI=1S/C21H26N2O3/c1-13-8-9-16(12-14(13)2)15(3)22-19(24)10-11-23-20(25)17-6-4-5-7-18(17)21(23)26/h4-5,8-9,12,15,17-18H,6-7,10-11H2,1-3H3,(H,22,24)/t15?,17-,18+. The summed E-state index contributed by atoms with van der Waals surface area (Å²) in [5.74, 6) is -0.863. The molecule has 5 nitrogen and oxygen atoms in total. The average molecular weight is 354 g/mol. The quantitative estimate of drug-likeness (QED) is 0.653. The van der Waals surface area contributed by atoms with E-state index in [1.54, 1.807) is 0 Å². The van der Waals surface area contributed by atoms with Crippen molar-refractivity contribution in [1.29, 1.82) is 0 Å². The predicted octanol–water partition coefficient (Wildman–Crippen LogP) is 2.82. The second-order valence-electron chi connectivity index (χ2n) is 7.37. The van der Waals surface area contributed by atoms with Gasteiger partial charge in [0.25, 0.3) is 0 Å². The van der Waals surface area contributed by atoms with Gasteiger partial charge in [0.05, 0.1) is 17.9 Å². The maximum atomic E-state index is 12.4. The number of likely N-dealkylation sites (tertiary alicyclic amines) is 1. The Bertz CT molecular complexity index is 743. The first-order chi connectivity index (χ1) is 12.4. The van der Waals surface area contributed by atoms with E-state index in [4.69, 9.17) is 0 Å². The Kier molecular flexibility index (Phi) is 5.25. The van der Waals surface area contributed by atoms with E-state index in [2.05, 4.69) is 18.3 Å². The number of hydrogen-bond donors (Lipinski definition) is 1. The number of rotatable bonds is 5. The number of imide groups is 1. The zero-order valence-corrected chi connectivity index (χ0v) is 15.6. The van der Waals surface area contributed by atoms with Crippen molar-refractivity contribution in [2.24, 2.45) is 11.8 Å². The molecule has 5 heteroatoms. The molecule has 3 atom stereocenters. The van der Waals surface area contributed by atoms with Crippen LogP contribution in [0.15, 0.2) is 30.4 Å². The minimum atomic E-state index is -0.231. The van der Waals surface area contributed by atoms with Gasteiger partial charge in [-0.2, -0.15) is 0 Å². The smallest absolute Gasteiger partial charge is 0.233 e. The number of carbonyl (C=O) groups is 3. The minimum absolute atomic E-state index is 0.112. The lowest BCUT2D eigenvalue weighted by Gasteiger charge is -2.18. The molecule has 1 fully saturated rings. The summed E-state index contributed by atoms with van der Waals surface area (Å²) in [5, 5.41) is 2.96. The molecule has 1 saturated heterocycles. The summed E-state index contributed by atoms with van der Waals surface area (Å²) in [6, 6.07) is 6.02. The minimum Gasteiger partial charge on any atom is -0.350 e. The van der Waals surface area contributed by atoms with Crippen LogP contribution in [0.2, 0.25) is 0 Å². The number of fused-ring (bicyclic) bond motifs is 1. The summed E-state index contributed by atoms with van der Waals surface area (Å²) < 4.78 is 0. The summed E-state index contributed by atoms with van der Waals surface area (Å²) in [4.78, 5) is 38.4. The van der Waals surface area contributed by atoms with Crippen LogP contribution in [0.3, 0.4) is 0 Å². The molecule has 1 aromatic carbocycles. The molecular weight excluding hydrogens is 328 g/mol. The third-order valence-corrected chi connectivity index (χ3v) is 5.57. The molecular formula is C21H26N2O3. The number of aryl methyl sites for hydroxylation is 2. The van der Waals surface area contributed by atoms with Crippen LogP contribution in [0.5, 0.6) is 0 Å². The van der Waals surface area contributed by atoms with E-state index >= 15 is 0 Å². The van der Waals surface area contributed by atoms with Crippen LogP contribution in [0.25, 0.3) is 0 Å². The maximum absolute atomic E-state index is 12.4. The van der Waals surface area contributed by atoms with Crippen LogP contribution < -0.4 is 5.32 Å². The molecule has 1 N–H and O–H groups in total. The van der Waals surface area contributed by atoms with Crippen molar-refractivity contribution >= 4 is 17.7 Å². The summed E-state index contributed by atoms with van der Waals surface area (Å²) in [6.07, 6.45) is 5.32. The van der Waals surface area contributed by atoms with E-state index in [0.29, 0.717) is 12.8 Å². The third kappa shape index (κ3) is 3.57. The molecule has 1 aromatic rings. The fourth-order valence-electron chi connectivity index (χ4n) is 3.73. The summed E-state index contributed by atoms with van der Waals surface area (Å²) in [6.45, 7) is 6.20. The molecule has 0 bridgehead atoms. The first-order valence-electron chi connectivity index (χ1n) is 9.25. The molecule has 0 spiro atoms. The molecule has 1 aliphatic heterocycles. The number of nitrogens with zero attached hydrogens (tertiary/aromatic N) is 1. The van der Waals surface area contributed by atoms with Crippen molar-refractivity contribution in [3.8, 4) is 0 Å². The second-order valence-corrected chi connectivity index (χ2v) is 7.37. The van der Waals surface area contributed by atoms with Crippen LogP contribution in [-0.2, 0) is 14.4 Å². The summed E-state index contributed by atoms with van der Waals surface area (Å²) in [5.41, 5.74) is 3.45. The van der Waals surface area contributed by atoms with Gasteiger partial charge in [0, 0.05) is 13.0 Å². The maximum Gasteiger partial charge on any atom is 0.233 e. The van der Waals surface area contributed by atoms with E-state index in [-0.39, 0.29) is 48.6 Å². The van der Waals surface area contributed by atoms with E-state index < -0.39 is 0 Å². The van der Waals surface area contributed by atoms with E-state index in [1.807, 2.05) is 38.1 Å². The number of amides is 3. The average Bonchev–Trinajstić information content (AvgIpc) is 2.86. The zero-order chi connectivity index (χ0) is 18.8. The van der Waals surface area contributed by atoms with Crippen LogP contribution in [0, 0.1) is 25.7 Å². The first-order valence-corrected chi connectivity index (χ1v) is 9.25. The van der Waals surface area contributed by atoms with Crippen molar-refractivity contribution in [3.05, 3.63) is 47.0 Å².